The molecule has 0 spiro atoms. The monoisotopic (exact) mass is 346 g/mol. The van der Waals surface area contributed by atoms with E-state index in [0.717, 1.165) is 35.8 Å². The van der Waals surface area contributed by atoms with Crippen LogP contribution in [-0.4, -0.2) is 23.4 Å². The Kier molecular flexibility index (Phi) is 5.20. The predicted molar refractivity (Wildman–Crippen MR) is 95.0 cm³/mol. The fourth-order valence-corrected chi connectivity index (χ4v) is 4.76. The van der Waals surface area contributed by atoms with Gasteiger partial charge in [-0.2, -0.15) is 5.26 Å². The Morgan fingerprint density at radius 2 is 2.04 bits per heavy atom. The Labute approximate surface area is 145 Å². The molecule has 0 saturated heterocycles. The summed E-state index contributed by atoms with van der Waals surface area (Å²) in [5.74, 6) is -0.0154. The molecule has 0 atom stereocenters. The lowest BCUT2D eigenvalue weighted by Crippen LogP contribution is -2.41. The lowest BCUT2D eigenvalue weighted by molar-refractivity contribution is 0.0645. The molecule has 1 fully saturated rings. The molecule has 3 nitrogen and oxygen atoms in total. The zero-order valence-corrected chi connectivity index (χ0v) is 14.5. The van der Waals surface area contributed by atoms with Crippen LogP contribution >= 0.6 is 22.9 Å². The molecule has 0 unspecified atom stereocenters. The van der Waals surface area contributed by atoms with E-state index in [0.29, 0.717) is 22.9 Å². The molecule has 1 aliphatic rings. The van der Waals surface area contributed by atoms with Crippen molar-refractivity contribution in [3.63, 3.8) is 0 Å². The number of nitrogens with zero attached hydrogens (tertiary/aromatic N) is 2. The first-order valence-electron chi connectivity index (χ1n) is 8.07. The number of fused-ring (bicyclic) bond motifs is 1. The maximum absolute atomic E-state index is 13.1. The summed E-state index contributed by atoms with van der Waals surface area (Å²) in [5, 5.41) is 10.4. The van der Waals surface area contributed by atoms with Crippen LogP contribution in [0, 0.1) is 11.3 Å². The highest BCUT2D eigenvalue weighted by atomic mass is 35.5. The topological polar surface area (TPSA) is 44.1 Å². The van der Waals surface area contributed by atoms with Crippen molar-refractivity contribution in [1.82, 2.24) is 4.90 Å². The molecule has 120 valence electrons. The largest absolute Gasteiger partial charge is 0.334 e. The van der Waals surface area contributed by atoms with Crippen LogP contribution in [0.4, 0.5) is 0 Å². The smallest absolute Gasteiger partial charge is 0.265 e. The molecular formula is C18H19ClN2OS. The van der Waals surface area contributed by atoms with E-state index in [1.807, 2.05) is 29.2 Å². The van der Waals surface area contributed by atoms with Crippen molar-refractivity contribution in [2.45, 2.75) is 44.6 Å². The van der Waals surface area contributed by atoms with E-state index >= 15 is 0 Å². The minimum absolute atomic E-state index is 0.0154. The molecule has 2 aromatic rings. The van der Waals surface area contributed by atoms with Crippen molar-refractivity contribution in [3.8, 4) is 6.07 Å². The molecule has 0 bridgehead atoms. The van der Waals surface area contributed by atoms with Gasteiger partial charge in [-0.25, -0.2) is 0 Å². The van der Waals surface area contributed by atoms with Crippen LogP contribution in [0.5, 0.6) is 0 Å². The fourth-order valence-electron chi connectivity index (χ4n) is 3.30. The molecule has 3 rings (SSSR count). The zero-order chi connectivity index (χ0) is 16.2. The first kappa shape index (κ1) is 16.3. The quantitative estimate of drug-likeness (QED) is 0.759. The highest BCUT2D eigenvalue weighted by molar-refractivity contribution is 7.21. The molecule has 5 heteroatoms. The van der Waals surface area contributed by atoms with Crippen molar-refractivity contribution in [2.24, 2.45) is 0 Å². The minimum Gasteiger partial charge on any atom is -0.334 e. The van der Waals surface area contributed by atoms with Gasteiger partial charge in [-0.15, -0.1) is 11.3 Å². The van der Waals surface area contributed by atoms with E-state index in [1.165, 1.54) is 17.8 Å². The van der Waals surface area contributed by atoms with Crippen LogP contribution < -0.4 is 0 Å². The Balaban J connectivity index is 1.92. The van der Waals surface area contributed by atoms with Gasteiger partial charge in [0.05, 0.1) is 17.5 Å². The van der Waals surface area contributed by atoms with Gasteiger partial charge in [0, 0.05) is 22.7 Å². The average Bonchev–Trinajstić information content (AvgIpc) is 2.93. The number of benzene rings is 1. The SMILES string of the molecule is N#CCCN(C(=O)c1sc2ccccc2c1Cl)C1CCCCC1. The van der Waals surface area contributed by atoms with Gasteiger partial charge in [-0.3, -0.25) is 4.79 Å². The number of carbonyl (C=O) groups excluding carboxylic acids is 1. The van der Waals surface area contributed by atoms with Crippen LogP contribution in [0.25, 0.3) is 10.1 Å². The summed E-state index contributed by atoms with van der Waals surface area (Å²) >= 11 is 7.92. The average molecular weight is 347 g/mol. The zero-order valence-electron chi connectivity index (χ0n) is 12.9. The number of hydrogen-bond donors (Lipinski definition) is 0. The third-order valence-corrected chi connectivity index (χ3v) is 6.13. The van der Waals surface area contributed by atoms with Crippen molar-refractivity contribution in [1.29, 1.82) is 5.26 Å². The highest BCUT2D eigenvalue weighted by Crippen LogP contribution is 2.37. The summed E-state index contributed by atoms with van der Waals surface area (Å²) in [7, 11) is 0. The van der Waals surface area contributed by atoms with E-state index in [1.54, 1.807) is 0 Å². The summed E-state index contributed by atoms with van der Waals surface area (Å²) in [6.07, 6.45) is 5.97. The Morgan fingerprint density at radius 3 is 2.74 bits per heavy atom. The van der Waals surface area contributed by atoms with Gasteiger partial charge in [0.25, 0.3) is 5.91 Å². The third kappa shape index (κ3) is 3.36. The summed E-state index contributed by atoms with van der Waals surface area (Å²) in [5.41, 5.74) is 0. The first-order chi connectivity index (χ1) is 11.2. The molecule has 1 aromatic carbocycles. The number of halogens is 1. The van der Waals surface area contributed by atoms with Crippen LogP contribution in [0.2, 0.25) is 5.02 Å². The summed E-state index contributed by atoms with van der Waals surface area (Å²) in [4.78, 5) is 15.6. The van der Waals surface area contributed by atoms with Crippen LogP contribution in [0.15, 0.2) is 24.3 Å². The number of nitriles is 1. The molecular weight excluding hydrogens is 328 g/mol. The van der Waals surface area contributed by atoms with Crippen LogP contribution in [0.1, 0.15) is 48.2 Å². The Bertz CT molecular complexity index is 743. The molecule has 0 N–H and O–H groups in total. The molecule has 1 amide bonds. The molecule has 1 aromatic heterocycles. The highest BCUT2D eigenvalue weighted by Gasteiger charge is 2.28. The van der Waals surface area contributed by atoms with Crippen molar-refractivity contribution < 1.29 is 4.79 Å². The van der Waals surface area contributed by atoms with Gasteiger partial charge in [0.1, 0.15) is 4.88 Å². The van der Waals surface area contributed by atoms with Gasteiger partial charge >= 0.3 is 0 Å². The van der Waals surface area contributed by atoms with Crippen molar-refractivity contribution in [2.75, 3.05) is 6.54 Å². The van der Waals surface area contributed by atoms with Crippen LogP contribution in [0.3, 0.4) is 0 Å². The molecule has 0 radical (unpaired) electrons. The third-order valence-electron chi connectivity index (χ3n) is 4.47. The van der Waals surface area contributed by atoms with Gasteiger partial charge in [-0.1, -0.05) is 49.1 Å². The lowest BCUT2D eigenvalue weighted by Gasteiger charge is -2.33. The summed E-state index contributed by atoms with van der Waals surface area (Å²) < 4.78 is 1.03. The van der Waals surface area contributed by atoms with Gasteiger partial charge in [0.2, 0.25) is 0 Å². The maximum atomic E-state index is 13.1. The number of hydrogen-bond acceptors (Lipinski definition) is 3. The molecule has 1 heterocycles. The first-order valence-corrected chi connectivity index (χ1v) is 9.26. The number of rotatable bonds is 4. The number of thiophene rings is 1. The Morgan fingerprint density at radius 1 is 1.30 bits per heavy atom. The van der Waals surface area contributed by atoms with Gasteiger partial charge in [-0.05, 0) is 18.9 Å². The van der Waals surface area contributed by atoms with E-state index < -0.39 is 0 Å². The standard InChI is InChI=1S/C18H19ClN2OS/c19-16-14-9-4-5-10-15(14)23-17(16)18(22)21(12-6-11-20)13-7-2-1-3-8-13/h4-5,9-10,13H,1-3,6-8,12H2. The number of amides is 1. The summed E-state index contributed by atoms with van der Waals surface area (Å²) in [6.45, 7) is 0.491. The molecule has 0 aliphatic heterocycles. The summed E-state index contributed by atoms with van der Waals surface area (Å²) in [6, 6.07) is 10.2. The predicted octanol–water partition coefficient (Wildman–Crippen LogP) is 5.24. The molecule has 23 heavy (non-hydrogen) atoms. The van der Waals surface area contributed by atoms with Crippen LogP contribution in [-0.2, 0) is 0 Å². The van der Waals surface area contributed by atoms with Gasteiger partial charge < -0.3 is 4.90 Å². The minimum atomic E-state index is -0.0154. The van der Waals surface area contributed by atoms with Crippen molar-refractivity contribution >= 4 is 38.9 Å². The number of carbonyl (C=O) groups is 1. The normalized spacial score (nSPS) is 15.5. The van der Waals surface area contributed by atoms with Crippen molar-refractivity contribution in [3.05, 3.63) is 34.2 Å². The lowest BCUT2D eigenvalue weighted by atomic mass is 9.94. The second-order valence-corrected chi connectivity index (χ2v) is 7.37. The Hall–Kier alpha value is -1.57. The van der Waals surface area contributed by atoms with E-state index in [4.69, 9.17) is 16.9 Å². The fraction of sp³-hybridized carbons (Fsp3) is 0.444. The van der Waals surface area contributed by atoms with E-state index in [9.17, 15) is 4.79 Å². The second kappa shape index (κ2) is 7.33. The molecule has 1 aliphatic carbocycles. The molecule has 1 saturated carbocycles. The maximum Gasteiger partial charge on any atom is 0.265 e. The van der Waals surface area contributed by atoms with Gasteiger partial charge in [0.15, 0.2) is 0 Å². The van der Waals surface area contributed by atoms with E-state index in [-0.39, 0.29) is 11.9 Å². The second-order valence-electron chi connectivity index (χ2n) is 5.94. The van der Waals surface area contributed by atoms with E-state index in [2.05, 4.69) is 6.07 Å².